The first kappa shape index (κ1) is 11.2. The molecule has 1 heterocycles. The Kier molecular flexibility index (Phi) is 3.62. The maximum absolute atomic E-state index is 11.2. The van der Waals surface area contributed by atoms with Crippen LogP contribution >= 0.6 is 0 Å². The van der Waals surface area contributed by atoms with Gasteiger partial charge in [0.1, 0.15) is 0 Å². The Morgan fingerprint density at radius 3 is 2.79 bits per heavy atom. The normalized spacial score (nSPS) is 12.2. The van der Waals surface area contributed by atoms with Crippen LogP contribution in [-0.2, 0) is 16.6 Å². The number of hydrogen-bond acceptors (Lipinski definition) is 3. The van der Waals surface area contributed by atoms with Gasteiger partial charge in [0, 0.05) is 39.0 Å². The summed E-state index contributed by atoms with van der Waals surface area (Å²) >= 11 is 0. The van der Waals surface area contributed by atoms with Gasteiger partial charge in [-0.2, -0.15) is 17.8 Å². The van der Waals surface area contributed by atoms with Crippen molar-refractivity contribution in [3.05, 3.63) is 18.0 Å². The summed E-state index contributed by atoms with van der Waals surface area (Å²) in [5, 5.41) is 6.51. The molecule has 2 N–H and O–H groups in total. The van der Waals surface area contributed by atoms with Gasteiger partial charge in [0.2, 0.25) is 0 Å². The van der Waals surface area contributed by atoms with Crippen LogP contribution in [-0.4, -0.2) is 43.6 Å². The molecule has 1 aromatic rings. The fourth-order valence-electron chi connectivity index (χ4n) is 0.868. The molecule has 6 nitrogen and oxygen atoms in total. The first-order valence-electron chi connectivity index (χ1n) is 4.18. The van der Waals surface area contributed by atoms with Crippen LogP contribution in [0.1, 0.15) is 5.69 Å². The number of rotatable bonds is 5. The summed E-state index contributed by atoms with van der Waals surface area (Å²) in [6, 6.07) is 1.81. The minimum absolute atomic E-state index is 0.364. The van der Waals surface area contributed by atoms with Crippen molar-refractivity contribution in [2.45, 2.75) is 6.42 Å². The molecule has 0 saturated heterocycles. The van der Waals surface area contributed by atoms with Crippen molar-refractivity contribution in [1.82, 2.24) is 19.2 Å². The highest BCUT2D eigenvalue weighted by Gasteiger charge is 2.11. The van der Waals surface area contributed by atoms with Crippen molar-refractivity contribution >= 4 is 10.2 Å². The molecule has 1 rings (SSSR count). The second-order valence-corrected chi connectivity index (χ2v) is 4.98. The summed E-state index contributed by atoms with van der Waals surface area (Å²) in [6.07, 6.45) is 2.24. The van der Waals surface area contributed by atoms with Gasteiger partial charge in [-0.15, -0.1) is 0 Å². The topological polar surface area (TPSA) is 78.1 Å². The molecule has 0 amide bonds. The molecule has 0 bridgehead atoms. The first-order valence-corrected chi connectivity index (χ1v) is 5.62. The third-order valence-corrected chi connectivity index (χ3v) is 3.25. The SMILES string of the molecule is CN(C)S(=O)(=O)NCCc1ccn[nH]1. The standard InChI is InChI=1S/C7H14N4O2S/c1-11(2)14(12,13)9-6-4-7-3-5-8-10-7/h3,5,9H,4,6H2,1-2H3,(H,8,10). The molecule has 0 aromatic carbocycles. The van der Waals surface area contributed by atoms with Crippen molar-refractivity contribution in [3.63, 3.8) is 0 Å². The molecule has 0 aliphatic rings. The van der Waals surface area contributed by atoms with E-state index in [-0.39, 0.29) is 0 Å². The predicted octanol–water partition coefficient (Wildman–Crippen LogP) is -0.652. The van der Waals surface area contributed by atoms with Crippen LogP contribution in [0.5, 0.6) is 0 Å². The van der Waals surface area contributed by atoms with E-state index < -0.39 is 10.2 Å². The quantitative estimate of drug-likeness (QED) is 0.689. The highest BCUT2D eigenvalue weighted by Crippen LogP contribution is 1.93. The number of H-pyrrole nitrogens is 1. The van der Waals surface area contributed by atoms with Crippen LogP contribution in [0.3, 0.4) is 0 Å². The number of aromatic nitrogens is 2. The van der Waals surface area contributed by atoms with Crippen LogP contribution in [0.15, 0.2) is 12.3 Å². The Morgan fingerprint density at radius 1 is 1.57 bits per heavy atom. The van der Waals surface area contributed by atoms with E-state index in [4.69, 9.17) is 0 Å². The summed E-state index contributed by atoms with van der Waals surface area (Å²) in [7, 11) is -0.333. The van der Waals surface area contributed by atoms with Crippen LogP contribution < -0.4 is 4.72 Å². The molecule has 0 aliphatic carbocycles. The second kappa shape index (κ2) is 4.54. The van der Waals surface area contributed by atoms with E-state index in [2.05, 4.69) is 14.9 Å². The van der Waals surface area contributed by atoms with Gasteiger partial charge in [0.25, 0.3) is 10.2 Å². The van der Waals surface area contributed by atoms with E-state index in [0.717, 1.165) is 10.00 Å². The molecule has 14 heavy (non-hydrogen) atoms. The lowest BCUT2D eigenvalue weighted by molar-refractivity contribution is 0.505. The maximum atomic E-state index is 11.2. The summed E-state index contributed by atoms with van der Waals surface area (Å²) in [5.74, 6) is 0. The van der Waals surface area contributed by atoms with Crippen LogP contribution in [0, 0.1) is 0 Å². The zero-order valence-corrected chi connectivity index (χ0v) is 9.00. The highest BCUT2D eigenvalue weighted by molar-refractivity contribution is 7.87. The average Bonchev–Trinajstić information content (AvgIpc) is 2.56. The Balaban J connectivity index is 2.36. The Hall–Kier alpha value is -0.920. The Morgan fingerprint density at radius 2 is 2.29 bits per heavy atom. The summed E-state index contributed by atoms with van der Waals surface area (Å²) in [4.78, 5) is 0. The van der Waals surface area contributed by atoms with Gasteiger partial charge in [0.15, 0.2) is 0 Å². The fourth-order valence-corrected chi connectivity index (χ4v) is 1.49. The Labute approximate surface area is 83.5 Å². The predicted molar refractivity (Wildman–Crippen MR) is 52.9 cm³/mol. The van der Waals surface area contributed by atoms with Crippen molar-refractivity contribution in [2.24, 2.45) is 0 Å². The van der Waals surface area contributed by atoms with E-state index in [1.54, 1.807) is 6.20 Å². The van der Waals surface area contributed by atoms with Gasteiger partial charge in [-0.25, -0.2) is 4.72 Å². The molecular formula is C7H14N4O2S. The number of hydrogen-bond donors (Lipinski definition) is 2. The van der Waals surface area contributed by atoms with Gasteiger partial charge in [-0.1, -0.05) is 0 Å². The van der Waals surface area contributed by atoms with E-state index in [1.165, 1.54) is 14.1 Å². The van der Waals surface area contributed by atoms with Crippen LogP contribution in [0.2, 0.25) is 0 Å². The van der Waals surface area contributed by atoms with Gasteiger partial charge < -0.3 is 0 Å². The second-order valence-electron chi connectivity index (χ2n) is 3.01. The molecule has 1 aromatic heterocycles. The molecule has 7 heteroatoms. The van der Waals surface area contributed by atoms with Gasteiger partial charge in [-0.05, 0) is 6.07 Å². The largest absolute Gasteiger partial charge is 0.283 e. The lowest BCUT2D eigenvalue weighted by Gasteiger charge is -2.11. The van der Waals surface area contributed by atoms with Crippen LogP contribution in [0.4, 0.5) is 0 Å². The smallest absolute Gasteiger partial charge is 0.278 e. The van der Waals surface area contributed by atoms with Gasteiger partial charge in [0.05, 0.1) is 0 Å². The molecule has 0 spiro atoms. The molecule has 80 valence electrons. The molecule has 0 atom stereocenters. The number of nitrogens with zero attached hydrogens (tertiary/aromatic N) is 2. The first-order chi connectivity index (χ1) is 6.52. The average molecular weight is 218 g/mol. The molecule has 0 radical (unpaired) electrons. The summed E-state index contributed by atoms with van der Waals surface area (Å²) < 4.78 is 26.1. The van der Waals surface area contributed by atoms with Gasteiger partial charge >= 0.3 is 0 Å². The fraction of sp³-hybridized carbons (Fsp3) is 0.571. The molecule has 0 aliphatic heterocycles. The number of nitrogens with one attached hydrogen (secondary N) is 2. The van der Waals surface area contributed by atoms with Gasteiger partial charge in [-0.3, -0.25) is 5.10 Å². The zero-order chi connectivity index (χ0) is 10.6. The third kappa shape index (κ3) is 3.09. The molecular weight excluding hydrogens is 204 g/mol. The van der Waals surface area contributed by atoms with Crippen molar-refractivity contribution in [3.8, 4) is 0 Å². The number of aromatic amines is 1. The van der Waals surface area contributed by atoms with Crippen molar-refractivity contribution in [1.29, 1.82) is 0 Å². The monoisotopic (exact) mass is 218 g/mol. The third-order valence-electron chi connectivity index (χ3n) is 1.72. The lowest BCUT2D eigenvalue weighted by atomic mass is 10.3. The minimum Gasteiger partial charge on any atom is -0.283 e. The summed E-state index contributed by atoms with van der Waals surface area (Å²) in [6.45, 7) is 0.364. The zero-order valence-electron chi connectivity index (χ0n) is 8.19. The van der Waals surface area contributed by atoms with Crippen molar-refractivity contribution in [2.75, 3.05) is 20.6 Å². The van der Waals surface area contributed by atoms with E-state index in [0.29, 0.717) is 13.0 Å². The molecule has 0 unspecified atom stereocenters. The minimum atomic E-state index is -3.30. The van der Waals surface area contributed by atoms with Crippen LogP contribution in [0.25, 0.3) is 0 Å². The van der Waals surface area contributed by atoms with Crippen molar-refractivity contribution < 1.29 is 8.42 Å². The Bertz CT molecular complexity index is 357. The lowest BCUT2D eigenvalue weighted by Crippen LogP contribution is -2.36. The van der Waals surface area contributed by atoms with E-state index >= 15 is 0 Å². The maximum Gasteiger partial charge on any atom is 0.278 e. The van der Waals surface area contributed by atoms with E-state index in [1.807, 2.05) is 6.07 Å². The summed E-state index contributed by atoms with van der Waals surface area (Å²) in [5.41, 5.74) is 0.909. The highest BCUT2D eigenvalue weighted by atomic mass is 32.2. The molecule has 0 saturated carbocycles. The molecule has 0 fully saturated rings. The van der Waals surface area contributed by atoms with E-state index in [9.17, 15) is 8.42 Å².